The maximum absolute atomic E-state index is 12.2. The molecule has 0 radical (unpaired) electrons. The second-order valence-corrected chi connectivity index (χ2v) is 5.55. The van der Waals surface area contributed by atoms with Gasteiger partial charge in [-0.05, 0) is 52.3 Å². The number of pyridine rings is 1. The van der Waals surface area contributed by atoms with Crippen LogP contribution in [0.15, 0.2) is 10.9 Å². The summed E-state index contributed by atoms with van der Waals surface area (Å²) in [4.78, 5) is 26.6. The molecule has 0 N–H and O–H groups in total. The van der Waals surface area contributed by atoms with Crippen LogP contribution < -0.4 is 5.56 Å². The monoisotopic (exact) mass is 292 g/mol. The van der Waals surface area contributed by atoms with Crippen molar-refractivity contribution in [2.45, 2.75) is 40.2 Å². The smallest absolute Gasteiger partial charge is 0.340 e. The fourth-order valence-corrected chi connectivity index (χ4v) is 2.96. The molecule has 21 heavy (non-hydrogen) atoms. The first-order chi connectivity index (χ1) is 10.0. The number of hydrogen-bond acceptors (Lipinski definition) is 4. The molecule has 1 aliphatic rings. The Morgan fingerprint density at radius 1 is 1.24 bits per heavy atom. The number of aromatic nitrogens is 1. The first-order valence-electron chi connectivity index (χ1n) is 7.65. The van der Waals surface area contributed by atoms with Crippen LogP contribution in [-0.4, -0.2) is 41.7 Å². The summed E-state index contributed by atoms with van der Waals surface area (Å²) >= 11 is 0. The van der Waals surface area contributed by atoms with E-state index < -0.39 is 0 Å². The number of nitrogens with zero attached hydrogens (tertiary/aromatic N) is 2. The van der Waals surface area contributed by atoms with Crippen LogP contribution in [0.2, 0.25) is 0 Å². The highest BCUT2D eigenvalue weighted by molar-refractivity contribution is 5.92. The van der Waals surface area contributed by atoms with Gasteiger partial charge in [0.2, 0.25) is 0 Å². The molecule has 0 atom stereocenters. The Hall–Kier alpha value is -1.62. The molecule has 0 amide bonds. The number of ether oxygens (including phenoxy) is 1. The van der Waals surface area contributed by atoms with Crippen molar-refractivity contribution < 1.29 is 9.53 Å². The van der Waals surface area contributed by atoms with Gasteiger partial charge < -0.3 is 14.2 Å². The minimum Gasteiger partial charge on any atom is -0.462 e. The number of carbonyl (C=O) groups is 1. The lowest BCUT2D eigenvalue weighted by molar-refractivity contribution is 0.0523. The molecule has 116 valence electrons. The van der Waals surface area contributed by atoms with Gasteiger partial charge >= 0.3 is 5.97 Å². The van der Waals surface area contributed by atoms with Gasteiger partial charge in [-0.3, -0.25) is 4.79 Å². The van der Waals surface area contributed by atoms with Gasteiger partial charge in [0.15, 0.2) is 0 Å². The van der Waals surface area contributed by atoms with Crippen molar-refractivity contribution >= 4 is 5.97 Å². The summed E-state index contributed by atoms with van der Waals surface area (Å²) in [6, 6.07) is 1.53. The van der Waals surface area contributed by atoms with Gasteiger partial charge in [0, 0.05) is 24.8 Å². The summed E-state index contributed by atoms with van der Waals surface area (Å²) in [6.07, 6.45) is 2.46. The summed E-state index contributed by atoms with van der Waals surface area (Å²) in [7, 11) is 0. The lowest BCUT2D eigenvalue weighted by Crippen LogP contribution is -2.32. The number of carbonyl (C=O) groups excluding carboxylic acids is 1. The van der Waals surface area contributed by atoms with Crippen molar-refractivity contribution in [2.24, 2.45) is 0 Å². The minimum atomic E-state index is -0.345. The maximum atomic E-state index is 12.2. The molecular formula is C16H24N2O3. The molecule has 2 heterocycles. The van der Waals surface area contributed by atoms with E-state index >= 15 is 0 Å². The van der Waals surface area contributed by atoms with Gasteiger partial charge in [-0.25, -0.2) is 4.79 Å². The van der Waals surface area contributed by atoms with Gasteiger partial charge in [0.1, 0.15) is 0 Å². The lowest BCUT2D eigenvalue weighted by atomic mass is 10.1. The molecule has 5 nitrogen and oxygen atoms in total. The van der Waals surface area contributed by atoms with Gasteiger partial charge in [-0.15, -0.1) is 0 Å². The zero-order valence-corrected chi connectivity index (χ0v) is 13.1. The topological polar surface area (TPSA) is 51.5 Å². The van der Waals surface area contributed by atoms with E-state index in [9.17, 15) is 9.59 Å². The zero-order valence-electron chi connectivity index (χ0n) is 13.1. The summed E-state index contributed by atoms with van der Waals surface area (Å²) in [6.45, 7) is 9.41. The largest absolute Gasteiger partial charge is 0.462 e. The summed E-state index contributed by atoms with van der Waals surface area (Å²) in [5, 5.41) is 0. The molecule has 0 aromatic carbocycles. The number of aryl methyl sites for hydroxylation is 1. The van der Waals surface area contributed by atoms with Crippen LogP contribution in [0.25, 0.3) is 0 Å². The third kappa shape index (κ3) is 3.53. The van der Waals surface area contributed by atoms with Gasteiger partial charge in [0.25, 0.3) is 5.56 Å². The van der Waals surface area contributed by atoms with Crippen LogP contribution in [0.1, 0.15) is 41.4 Å². The number of hydrogen-bond donors (Lipinski definition) is 0. The summed E-state index contributed by atoms with van der Waals surface area (Å²) in [5.74, 6) is -0.345. The summed E-state index contributed by atoms with van der Waals surface area (Å²) < 4.78 is 6.79. The molecule has 1 aliphatic heterocycles. The standard InChI is InChI=1S/C16H24N2O3/c1-4-21-16(20)15-12(2)11-14(19)18(13(15)3)10-9-17-7-5-6-8-17/h11H,4-10H2,1-3H3. The van der Waals surface area contributed by atoms with E-state index in [2.05, 4.69) is 4.90 Å². The van der Waals surface area contributed by atoms with Gasteiger partial charge in [0.05, 0.1) is 12.2 Å². The highest BCUT2D eigenvalue weighted by Gasteiger charge is 2.18. The Kier molecular flexibility index (Phi) is 5.17. The van der Waals surface area contributed by atoms with E-state index in [0.717, 1.165) is 19.6 Å². The number of likely N-dealkylation sites (tertiary alicyclic amines) is 1. The maximum Gasteiger partial charge on any atom is 0.340 e. The SMILES string of the molecule is CCOC(=O)c1c(C)cc(=O)n(CCN2CCCC2)c1C. The average molecular weight is 292 g/mol. The molecule has 1 saturated heterocycles. The Labute approximate surface area is 125 Å². The van der Waals surface area contributed by atoms with Crippen LogP contribution in [0.5, 0.6) is 0 Å². The van der Waals surface area contributed by atoms with Crippen molar-refractivity contribution in [1.29, 1.82) is 0 Å². The molecular weight excluding hydrogens is 268 g/mol. The number of esters is 1. The van der Waals surface area contributed by atoms with E-state index in [1.54, 1.807) is 18.4 Å². The Bertz CT molecular complexity index is 572. The van der Waals surface area contributed by atoms with Crippen LogP contribution in [0.4, 0.5) is 0 Å². The van der Waals surface area contributed by atoms with Crippen LogP contribution >= 0.6 is 0 Å². The highest BCUT2D eigenvalue weighted by Crippen LogP contribution is 2.14. The lowest BCUT2D eigenvalue weighted by Gasteiger charge is -2.19. The molecule has 5 heteroatoms. The minimum absolute atomic E-state index is 0.0442. The highest BCUT2D eigenvalue weighted by atomic mass is 16.5. The Morgan fingerprint density at radius 3 is 2.52 bits per heavy atom. The predicted molar refractivity (Wildman–Crippen MR) is 81.8 cm³/mol. The molecule has 2 rings (SSSR count). The van der Waals surface area contributed by atoms with Gasteiger partial charge in [-0.1, -0.05) is 0 Å². The van der Waals surface area contributed by atoms with E-state index in [1.807, 2.05) is 6.92 Å². The fraction of sp³-hybridized carbons (Fsp3) is 0.625. The van der Waals surface area contributed by atoms with Crippen LogP contribution in [0, 0.1) is 13.8 Å². The summed E-state index contributed by atoms with van der Waals surface area (Å²) in [5.41, 5.74) is 1.88. The van der Waals surface area contributed by atoms with Crippen molar-refractivity contribution in [1.82, 2.24) is 9.47 Å². The van der Waals surface area contributed by atoms with Crippen molar-refractivity contribution in [3.8, 4) is 0 Å². The van der Waals surface area contributed by atoms with E-state index in [4.69, 9.17) is 4.74 Å². The molecule has 1 fully saturated rings. The number of rotatable bonds is 5. The van der Waals surface area contributed by atoms with Crippen LogP contribution in [0.3, 0.4) is 0 Å². The molecule has 0 unspecified atom stereocenters. The van der Waals surface area contributed by atoms with E-state index in [0.29, 0.717) is 30.0 Å². The molecule has 1 aromatic heterocycles. The fourth-order valence-electron chi connectivity index (χ4n) is 2.96. The van der Waals surface area contributed by atoms with Crippen molar-refractivity contribution in [3.63, 3.8) is 0 Å². The predicted octanol–water partition coefficient (Wildman–Crippen LogP) is 1.74. The van der Waals surface area contributed by atoms with E-state index in [-0.39, 0.29) is 11.5 Å². The third-order valence-electron chi connectivity index (χ3n) is 4.09. The normalized spacial score (nSPS) is 15.4. The molecule has 0 saturated carbocycles. The van der Waals surface area contributed by atoms with Crippen molar-refractivity contribution in [3.05, 3.63) is 33.2 Å². The third-order valence-corrected chi connectivity index (χ3v) is 4.09. The first-order valence-corrected chi connectivity index (χ1v) is 7.65. The average Bonchev–Trinajstić information content (AvgIpc) is 2.91. The Balaban J connectivity index is 2.25. The quantitative estimate of drug-likeness (QED) is 0.776. The second kappa shape index (κ2) is 6.89. The molecule has 1 aromatic rings. The van der Waals surface area contributed by atoms with Gasteiger partial charge in [-0.2, -0.15) is 0 Å². The zero-order chi connectivity index (χ0) is 15.4. The molecule has 0 aliphatic carbocycles. The molecule has 0 spiro atoms. The first kappa shape index (κ1) is 15.8. The second-order valence-electron chi connectivity index (χ2n) is 5.55. The van der Waals surface area contributed by atoms with Crippen LogP contribution in [-0.2, 0) is 11.3 Å². The van der Waals surface area contributed by atoms with Crippen molar-refractivity contribution in [2.75, 3.05) is 26.2 Å². The van der Waals surface area contributed by atoms with E-state index in [1.165, 1.54) is 18.9 Å². The Morgan fingerprint density at radius 2 is 1.90 bits per heavy atom. The molecule has 0 bridgehead atoms.